The Morgan fingerprint density at radius 1 is 1.18 bits per heavy atom. The summed E-state index contributed by atoms with van der Waals surface area (Å²) in [7, 11) is 1.81. The third kappa shape index (κ3) is 4.45. The van der Waals surface area contributed by atoms with Crippen LogP contribution in [0.25, 0.3) is 0 Å². The molecule has 2 heterocycles. The average Bonchev–Trinajstić information content (AvgIpc) is 2.78. The van der Waals surface area contributed by atoms with Crippen molar-refractivity contribution in [3.05, 3.63) is 11.6 Å². The van der Waals surface area contributed by atoms with Gasteiger partial charge in [-0.3, -0.25) is 4.99 Å². The molecule has 0 saturated carbocycles. The molecule has 0 amide bonds. The molecule has 1 aliphatic rings. The monoisotopic (exact) mass is 306 g/mol. The van der Waals surface area contributed by atoms with Gasteiger partial charge < -0.3 is 15.2 Å². The van der Waals surface area contributed by atoms with Crippen molar-refractivity contribution >= 4 is 5.96 Å². The van der Waals surface area contributed by atoms with E-state index in [1.807, 2.05) is 7.05 Å². The summed E-state index contributed by atoms with van der Waals surface area (Å²) in [4.78, 5) is 4.30. The minimum atomic E-state index is 0.676. The quantitative estimate of drug-likeness (QED) is 0.624. The van der Waals surface area contributed by atoms with Crippen LogP contribution in [-0.4, -0.2) is 34.3 Å². The van der Waals surface area contributed by atoms with E-state index < -0.39 is 0 Å². The number of hydrogen-bond donors (Lipinski definition) is 2. The molecule has 0 aromatic carbocycles. The molecule has 2 rings (SSSR count). The Labute approximate surface area is 133 Å². The fraction of sp³-hybridized carbons (Fsp3) is 0.812. The summed E-state index contributed by atoms with van der Waals surface area (Å²) < 4.78 is 2.27. The van der Waals surface area contributed by atoms with Crippen molar-refractivity contribution in [2.75, 3.05) is 13.6 Å². The summed E-state index contributed by atoms with van der Waals surface area (Å²) in [6.07, 6.45) is 7.17. The van der Waals surface area contributed by atoms with Gasteiger partial charge in [-0.05, 0) is 18.8 Å². The molecule has 6 nitrogen and oxygen atoms in total. The molecular weight excluding hydrogens is 276 g/mol. The Balaban J connectivity index is 1.87. The van der Waals surface area contributed by atoms with E-state index in [0.29, 0.717) is 12.5 Å². The second kappa shape index (κ2) is 8.76. The van der Waals surface area contributed by atoms with Gasteiger partial charge in [0.1, 0.15) is 5.82 Å². The van der Waals surface area contributed by atoms with Gasteiger partial charge in [0, 0.05) is 26.6 Å². The van der Waals surface area contributed by atoms with Crippen molar-refractivity contribution in [2.45, 2.75) is 65.5 Å². The van der Waals surface area contributed by atoms with Crippen molar-refractivity contribution in [1.82, 2.24) is 25.4 Å². The van der Waals surface area contributed by atoms with Crippen molar-refractivity contribution < 1.29 is 0 Å². The lowest BCUT2D eigenvalue weighted by atomic mass is 10.0. The van der Waals surface area contributed by atoms with E-state index >= 15 is 0 Å². The molecule has 0 aliphatic carbocycles. The first-order valence-corrected chi connectivity index (χ1v) is 8.63. The summed E-state index contributed by atoms with van der Waals surface area (Å²) in [6, 6.07) is 0. The van der Waals surface area contributed by atoms with Crippen LogP contribution in [0.15, 0.2) is 4.99 Å². The van der Waals surface area contributed by atoms with Gasteiger partial charge in [0.2, 0.25) is 0 Å². The first-order chi connectivity index (χ1) is 10.8. The number of aromatic nitrogens is 3. The van der Waals surface area contributed by atoms with Crippen LogP contribution in [0.1, 0.15) is 57.6 Å². The molecule has 1 aliphatic heterocycles. The SMILES string of the molecule is CCC(CC)CNC(=NC)NCc1nnc2n1CCCCC2. The maximum atomic E-state index is 4.34. The number of hydrogen-bond acceptors (Lipinski definition) is 3. The van der Waals surface area contributed by atoms with Gasteiger partial charge in [0.05, 0.1) is 6.54 Å². The third-order valence-corrected chi connectivity index (χ3v) is 4.54. The topological polar surface area (TPSA) is 67.1 Å². The molecule has 1 aromatic rings. The van der Waals surface area contributed by atoms with Crippen molar-refractivity contribution in [2.24, 2.45) is 10.9 Å². The molecule has 0 saturated heterocycles. The van der Waals surface area contributed by atoms with Crippen LogP contribution in [0, 0.1) is 5.92 Å². The van der Waals surface area contributed by atoms with Crippen LogP contribution in [0.3, 0.4) is 0 Å². The van der Waals surface area contributed by atoms with E-state index in [2.05, 4.69) is 44.2 Å². The summed E-state index contributed by atoms with van der Waals surface area (Å²) in [5.41, 5.74) is 0. The number of aliphatic imine (C=N–C) groups is 1. The van der Waals surface area contributed by atoms with E-state index in [9.17, 15) is 0 Å². The molecule has 0 fully saturated rings. The zero-order chi connectivity index (χ0) is 15.8. The van der Waals surface area contributed by atoms with Gasteiger partial charge in [-0.1, -0.05) is 33.1 Å². The lowest BCUT2D eigenvalue weighted by Gasteiger charge is -2.16. The highest BCUT2D eigenvalue weighted by Crippen LogP contribution is 2.14. The normalized spacial score (nSPS) is 15.5. The van der Waals surface area contributed by atoms with Gasteiger partial charge in [-0.2, -0.15) is 0 Å². The summed E-state index contributed by atoms with van der Waals surface area (Å²) in [5, 5.41) is 15.4. The van der Waals surface area contributed by atoms with E-state index in [4.69, 9.17) is 0 Å². The van der Waals surface area contributed by atoms with Gasteiger partial charge in [0.15, 0.2) is 11.8 Å². The van der Waals surface area contributed by atoms with Crippen LogP contribution < -0.4 is 10.6 Å². The minimum absolute atomic E-state index is 0.676. The molecule has 0 radical (unpaired) electrons. The lowest BCUT2D eigenvalue weighted by Crippen LogP contribution is -2.39. The summed E-state index contributed by atoms with van der Waals surface area (Å²) in [6.45, 7) is 7.15. The molecule has 1 aromatic heterocycles. The number of nitrogens with one attached hydrogen (secondary N) is 2. The molecule has 2 N–H and O–H groups in total. The molecular formula is C16H30N6. The first kappa shape index (κ1) is 16.8. The molecule has 6 heteroatoms. The van der Waals surface area contributed by atoms with Crippen molar-refractivity contribution in [1.29, 1.82) is 0 Å². The highest BCUT2D eigenvalue weighted by molar-refractivity contribution is 5.79. The van der Waals surface area contributed by atoms with Crippen LogP contribution >= 0.6 is 0 Å². The highest BCUT2D eigenvalue weighted by atomic mass is 15.3. The number of guanidine groups is 1. The zero-order valence-corrected chi connectivity index (χ0v) is 14.2. The largest absolute Gasteiger partial charge is 0.356 e. The van der Waals surface area contributed by atoms with Gasteiger partial charge >= 0.3 is 0 Å². The standard InChI is InChI=1S/C16H30N6/c1-4-13(5-2)11-18-16(17-3)19-12-15-21-20-14-9-7-6-8-10-22(14)15/h13H,4-12H2,1-3H3,(H2,17,18,19). The number of rotatable bonds is 6. The van der Waals surface area contributed by atoms with Gasteiger partial charge in [0.25, 0.3) is 0 Å². The fourth-order valence-electron chi connectivity index (χ4n) is 2.88. The number of aryl methyl sites for hydroxylation is 1. The summed E-state index contributed by atoms with van der Waals surface area (Å²) in [5.74, 6) is 3.69. The molecule has 0 atom stereocenters. The van der Waals surface area contributed by atoms with E-state index in [1.165, 1.54) is 32.1 Å². The average molecular weight is 306 g/mol. The third-order valence-electron chi connectivity index (χ3n) is 4.54. The molecule has 0 spiro atoms. The van der Waals surface area contributed by atoms with E-state index in [0.717, 1.165) is 37.1 Å². The van der Waals surface area contributed by atoms with Crippen LogP contribution in [0.4, 0.5) is 0 Å². The number of nitrogens with zero attached hydrogens (tertiary/aromatic N) is 4. The Morgan fingerprint density at radius 2 is 2.00 bits per heavy atom. The van der Waals surface area contributed by atoms with Gasteiger partial charge in [-0.25, -0.2) is 0 Å². The summed E-state index contributed by atoms with van der Waals surface area (Å²) >= 11 is 0. The maximum Gasteiger partial charge on any atom is 0.191 e. The molecule has 0 unspecified atom stereocenters. The first-order valence-electron chi connectivity index (χ1n) is 8.63. The molecule has 22 heavy (non-hydrogen) atoms. The van der Waals surface area contributed by atoms with Crippen LogP contribution in [0.5, 0.6) is 0 Å². The Morgan fingerprint density at radius 3 is 2.73 bits per heavy atom. The predicted octanol–water partition coefficient (Wildman–Crippen LogP) is 2.11. The fourth-order valence-corrected chi connectivity index (χ4v) is 2.88. The van der Waals surface area contributed by atoms with Crippen LogP contribution in [0.2, 0.25) is 0 Å². The molecule has 124 valence electrons. The minimum Gasteiger partial charge on any atom is -0.356 e. The maximum absolute atomic E-state index is 4.34. The lowest BCUT2D eigenvalue weighted by molar-refractivity contribution is 0.481. The highest BCUT2D eigenvalue weighted by Gasteiger charge is 2.14. The zero-order valence-electron chi connectivity index (χ0n) is 14.2. The van der Waals surface area contributed by atoms with Crippen molar-refractivity contribution in [3.63, 3.8) is 0 Å². The van der Waals surface area contributed by atoms with E-state index in [-0.39, 0.29) is 0 Å². The Hall–Kier alpha value is -1.59. The van der Waals surface area contributed by atoms with Crippen LogP contribution in [-0.2, 0) is 19.5 Å². The van der Waals surface area contributed by atoms with Crippen molar-refractivity contribution in [3.8, 4) is 0 Å². The second-order valence-corrected chi connectivity index (χ2v) is 5.98. The van der Waals surface area contributed by atoms with Gasteiger partial charge in [-0.15, -0.1) is 10.2 Å². The smallest absolute Gasteiger partial charge is 0.191 e. The Kier molecular flexibility index (Phi) is 6.68. The predicted molar refractivity (Wildman–Crippen MR) is 89.9 cm³/mol. The molecule has 0 bridgehead atoms. The van der Waals surface area contributed by atoms with E-state index in [1.54, 1.807) is 0 Å². The number of fused-ring (bicyclic) bond motifs is 1. The Bertz CT molecular complexity index is 475. The second-order valence-electron chi connectivity index (χ2n) is 5.98.